The predicted octanol–water partition coefficient (Wildman–Crippen LogP) is 3.34. The van der Waals surface area contributed by atoms with Crippen molar-refractivity contribution < 1.29 is 14.6 Å². The number of carbonyl (C=O) groups is 1. The molecule has 2 aromatic rings. The number of amides is 1. The highest BCUT2D eigenvalue weighted by atomic mass is 16.5. The summed E-state index contributed by atoms with van der Waals surface area (Å²) in [6.45, 7) is 1.61. The second kappa shape index (κ2) is 7.42. The van der Waals surface area contributed by atoms with Gasteiger partial charge >= 0.3 is 6.09 Å². The third kappa shape index (κ3) is 3.84. The third-order valence-electron chi connectivity index (χ3n) is 4.76. The van der Waals surface area contributed by atoms with Crippen molar-refractivity contribution in [3.05, 3.63) is 42.5 Å². The number of benzene rings is 1. The molecule has 1 aliphatic heterocycles. The lowest BCUT2D eigenvalue weighted by Gasteiger charge is -2.36. The third-order valence-corrected chi connectivity index (χ3v) is 4.76. The summed E-state index contributed by atoms with van der Waals surface area (Å²) in [6.07, 6.45) is 0.771. The number of nitrogens with zero attached hydrogens (tertiary/aromatic N) is 3. The summed E-state index contributed by atoms with van der Waals surface area (Å²) >= 11 is 0. The molecule has 0 atom stereocenters. The zero-order valence-corrected chi connectivity index (χ0v) is 14.6. The standard InChI is InChI=1S/C19H23N3O3/c1-21(19(23)24)15-10-12-22(13-11-15)18-5-3-4-17(20-18)14-6-8-16(25-2)9-7-14/h3-9,15H,10-13H2,1-2H3,(H,23,24). The quantitative estimate of drug-likeness (QED) is 0.924. The minimum atomic E-state index is -0.863. The van der Waals surface area contributed by atoms with Crippen LogP contribution < -0.4 is 9.64 Å². The molecule has 0 radical (unpaired) electrons. The zero-order valence-electron chi connectivity index (χ0n) is 14.6. The number of anilines is 1. The lowest BCUT2D eigenvalue weighted by atomic mass is 10.0. The van der Waals surface area contributed by atoms with Gasteiger partial charge in [0.2, 0.25) is 0 Å². The van der Waals surface area contributed by atoms with Crippen LogP contribution in [0.2, 0.25) is 0 Å². The van der Waals surface area contributed by atoms with E-state index in [1.807, 2.05) is 42.5 Å². The molecule has 6 heteroatoms. The van der Waals surface area contributed by atoms with Crippen molar-refractivity contribution in [2.24, 2.45) is 0 Å². The van der Waals surface area contributed by atoms with Gasteiger partial charge in [-0.1, -0.05) is 6.07 Å². The largest absolute Gasteiger partial charge is 0.497 e. The second-order valence-corrected chi connectivity index (χ2v) is 6.22. The molecular weight excluding hydrogens is 318 g/mol. The molecule has 1 aromatic heterocycles. The molecule has 1 aliphatic rings. The molecule has 25 heavy (non-hydrogen) atoms. The van der Waals surface area contributed by atoms with Crippen molar-refractivity contribution >= 4 is 11.9 Å². The van der Waals surface area contributed by atoms with E-state index >= 15 is 0 Å². The van der Waals surface area contributed by atoms with Gasteiger partial charge in [-0.2, -0.15) is 0 Å². The van der Waals surface area contributed by atoms with Crippen LogP contribution >= 0.6 is 0 Å². The van der Waals surface area contributed by atoms with Crippen molar-refractivity contribution in [3.63, 3.8) is 0 Å². The molecule has 0 saturated carbocycles. The Balaban J connectivity index is 1.71. The van der Waals surface area contributed by atoms with Crippen molar-refractivity contribution in [3.8, 4) is 17.0 Å². The lowest BCUT2D eigenvalue weighted by molar-refractivity contribution is 0.131. The Hall–Kier alpha value is -2.76. The Morgan fingerprint density at radius 1 is 1.20 bits per heavy atom. The fourth-order valence-corrected chi connectivity index (χ4v) is 3.16. The van der Waals surface area contributed by atoms with E-state index in [9.17, 15) is 4.79 Å². The number of carboxylic acid groups (broad SMARTS) is 1. The van der Waals surface area contributed by atoms with Gasteiger partial charge in [-0.15, -0.1) is 0 Å². The monoisotopic (exact) mass is 341 g/mol. The van der Waals surface area contributed by atoms with Gasteiger partial charge in [-0.25, -0.2) is 9.78 Å². The number of hydrogen-bond acceptors (Lipinski definition) is 4. The number of piperidine rings is 1. The minimum absolute atomic E-state index is 0.0820. The Morgan fingerprint density at radius 2 is 1.88 bits per heavy atom. The molecule has 0 aliphatic carbocycles. The zero-order chi connectivity index (χ0) is 17.8. The first kappa shape index (κ1) is 17.1. The molecule has 132 valence electrons. The smallest absolute Gasteiger partial charge is 0.407 e. The van der Waals surface area contributed by atoms with Gasteiger partial charge in [0.05, 0.1) is 12.8 Å². The number of hydrogen-bond donors (Lipinski definition) is 1. The summed E-state index contributed by atoms with van der Waals surface area (Å²) in [7, 11) is 3.30. The van der Waals surface area contributed by atoms with Crippen LogP contribution in [-0.4, -0.2) is 54.4 Å². The van der Waals surface area contributed by atoms with Crippen LogP contribution in [0.1, 0.15) is 12.8 Å². The fraction of sp³-hybridized carbons (Fsp3) is 0.368. The van der Waals surface area contributed by atoms with E-state index in [1.54, 1.807) is 14.2 Å². The minimum Gasteiger partial charge on any atom is -0.497 e. The summed E-state index contributed by atoms with van der Waals surface area (Å²) in [4.78, 5) is 19.5. The molecule has 1 fully saturated rings. The van der Waals surface area contributed by atoms with Crippen molar-refractivity contribution in [1.82, 2.24) is 9.88 Å². The van der Waals surface area contributed by atoms with E-state index in [0.717, 1.165) is 48.8 Å². The normalized spacial score (nSPS) is 15.0. The molecule has 1 saturated heterocycles. The van der Waals surface area contributed by atoms with Crippen molar-refractivity contribution in [2.45, 2.75) is 18.9 Å². The molecule has 0 spiro atoms. The first-order valence-corrected chi connectivity index (χ1v) is 8.40. The molecule has 3 rings (SSSR count). The summed E-state index contributed by atoms with van der Waals surface area (Å²) in [5.41, 5.74) is 1.97. The Morgan fingerprint density at radius 3 is 2.48 bits per heavy atom. The number of ether oxygens (including phenoxy) is 1. The average Bonchev–Trinajstić information content (AvgIpc) is 2.67. The van der Waals surface area contributed by atoms with Crippen LogP contribution in [-0.2, 0) is 0 Å². The maximum atomic E-state index is 11.1. The predicted molar refractivity (Wildman–Crippen MR) is 97.2 cm³/mol. The first-order valence-electron chi connectivity index (χ1n) is 8.40. The van der Waals surface area contributed by atoms with Gasteiger partial charge in [0.15, 0.2) is 0 Å². The Labute approximate surface area is 147 Å². The van der Waals surface area contributed by atoms with Crippen LogP contribution in [0.4, 0.5) is 10.6 Å². The highest BCUT2D eigenvalue weighted by Crippen LogP contribution is 2.25. The molecular formula is C19H23N3O3. The van der Waals surface area contributed by atoms with E-state index in [-0.39, 0.29) is 6.04 Å². The average molecular weight is 341 g/mol. The molecule has 1 N–H and O–H groups in total. The van der Waals surface area contributed by atoms with Crippen molar-refractivity contribution in [2.75, 3.05) is 32.1 Å². The Kier molecular flexibility index (Phi) is 5.07. The number of rotatable bonds is 4. The maximum absolute atomic E-state index is 11.1. The van der Waals surface area contributed by atoms with E-state index in [0.29, 0.717) is 0 Å². The number of aromatic nitrogens is 1. The van der Waals surface area contributed by atoms with E-state index < -0.39 is 6.09 Å². The first-order chi connectivity index (χ1) is 12.1. The van der Waals surface area contributed by atoms with Crippen LogP contribution in [0.5, 0.6) is 5.75 Å². The van der Waals surface area contributed by atoms with Crippen LogP contribution in [0.25, 0.3) is 11.3 Å². The summed E-state index contributed by atoms with van der Waals surface area (Å²) in [6, 6.07) is 14.0. The van der Waals surface area contributed by atoms with E-state index in [1.165, 1.54) is 4.90 Å². The van der Waals surface area contributed by atoms with Crippen LogP contribution in [0.15, 0.2) is 42.5 Å². The molecule has 2 heterocycles. The van der Waals surface area contributed by atoms with Crippen LogP contribution in [0.3, 0.4) is 0 Å². The number of methoxy groups -OCH3 is 1. The highest BCUT2D eigenvalue weighted by Gasteiger charge is 2.25. The molecule has 6 nitrogen and oxygen atoms in total. The maximum Gasteiger partial charge on any atom is 0.407 e. The topological polar surface area (TPSA) is 65.9 Å². The van der Waals surface area contributed by atoms with Gasteiger partial charge in [0.25, 0.3) is 0 Å². The molecule has 0 bridgehead atoms. The molecule has 1 amide bonds. The SMILES string of the molecule is COc1ccc(-c2cccc(N3CCC(N(C)C(=O)O)CC3)n2)cc1. The van der Waals surface area contributed by atoms with Gasteiger partial charge in [0, 0.05) is 31.7 Å². The van der Waals surface area contributed by atoms with Gasteiger partial charge in [-0.05, 0) is 49.2 Å². The lowest BCUT2D eigenvalue weighted by Crippen LogP contribution is -2.45. The second-order valence-electron chi connectivity index (χ2n) is 6.22. The van der Waals surface area contributed by atoms with Crippen molar-refractivity contribution in [1.29, 1.82) is 0 Å². The van der Waals surface area contributed by atoms with Gasteiger partial charge in [0.1, 0.15) is 11.6 Å². The highest BCUT2D eigenvalue weighted by molar-refractivity contribution is 5.65. The molecule has 1 aromatic carbocycles. The van der Waals surface area contributed by atoms with E-state index in [2.05, 4.69) is 4.90 Å². The summed E-state index contributed by atoms with van der Waals surface area (Å²) < 4.78 is 5.20. The van der Waals surface area contributed by atoms with Crippen LogP contribution in [0, 0.1) is 0 Å². The molecule has 0 unspecified atom stereocenters. The van der Waals surface area contributed by atoms with Gasteiger partial charge < -0.3 is 19.6 Å². The van der Waals surface area contributed by atoms with E-state index in [4.69, 9.17) is 14.8 Å². The number of pyridine rings is 1. The summed E-state index contributed by atoms with van der Waals surface area (Å²) in [5, 5.41) is 9.11. The van der Waals surface area contributed by atoms with Gasteiger partial charge in [-0.3, -0.25) is 0 Å². The summed E-state index contributed by atoms with van der Waals surface area (Å²) in [5.74, 6) is 1.76. The Bertz CT molecular complexity index is 725. The fourth-order valence-electron chi connectivity index (χ4n) is 3.16.